The van der Waals surface area contributed by atoms with Crippen molar-refractivity contribution >= 4 is 0 Å². The van der Waals surface area contributed by atoms with Crippen LogP contribution in [0.25, 0.3) is 0 Å². The molecule has 1 unspecified atom stereocenters. The summed E-state index contributed by atoms with van der Waals surface area (Å²) in [5.74, 6) is 0.613. The first-order valence-corrected chi connectivity index (χ1v) is 7.17. The second-order valence-electron chi connectivity index (χ2n) is 5.87. The molecule has 18 heavy (non-hydrogen) atoms. The first kappa shape index (κ1) is 13.6. The number of hydrogen-bond acceptors (Lipinski definition) is 2. The lowest BCUT2D eigenvalue weighted by Crippen LogP contribution is -2.40. The van der Waals surface area contributed by atoms with Gasteiger partial charge in [-0.05, 0) is 36.8 Å². The second kappa shape index (κ2) is 5.85. The topological polar surface area (TPSA) is 29.3 Å². The van der Waals surface area contributed by atoms with Crippen molar-refractivity contribution in [1.82, 2.24) is 4.90 Å². The van der Waals surface area contributed by atoms with E-state index in [0.717, 1.165) is 25.9 Å². The summed E-state index contributed by atoms with van der Waals surface area (Å²) in [5.41, 5.74) is 8.81. The molecule has 100 valence electrons. The Morgan fingerprint density at radius 1 is 1.00 bits per heavy atom. The van der Waals surface area contributed by atoms with Crippen molar-refractivity contribution in [3.05, 3.63) is 35.4 Å². The normalized spacial score (nSPS) is 20.3. The van der Waals surface area contributed by atoms with Gasteiger partial charge < -0.3 is 5.73 Å². The summed E-state index contributed by atoms with van der Waals surface area (Å²) in [6.07, 6.45) is 2.27. The van der Waals surface area contributed by atoms with Crippen molar-refractivity contribution in [3.8, 4) is 0 Å². The summed E-state index contributed by atoms with van der Waals surface area (Å²) in [6, 6.07) is 10.0. The average molecular weight is 246 g/mol. The molecule has 2 heteroatoms. The molecule has 0 radical (unpaired) electrons. The SMILES string of the molecule is CC(C)c1ccc(C(C)N2CCC(N)CC2)cc1. The van der Waals surface area contributed by atoms with E-state index in [9.17, 15) is 0 Å². The number of piperidine rings is 1. The lowest BCUT2D eigenvalue weighted by Gasteiger charge is -2.35. The molecule has 0 spiro atoms. The minimum absolute atomic E-state index is 0.414. The van der Waals surface area contributed by atoms with Gasteiger partial charge in [-0.1, -0.05) is 38.1 Å². The monoisotopic (exact) mass is 246 g/mol. The van der Waals surface area contributed by atoms with Gasteiger partial charge in [0.15, 0.2) is 0 Å². The molecule has 0 amide bonds. The molecule has 0 aliphatic carbocycles. The third-order valence-electron chi connectivity index (χ3n) is 4.21. The predicted molar refractivity (Wildman–Crippen MR) is 77.7 cm³/mol. The maximum absolute atomic E-state index is 5.96. The smallest absolute Gasteiger partial charge is 0.0319 e. The minimum atomic E-state index is 0.414. The van der Waals surface area contributed by atoms with Crippen molar-refractivity contribution in [2.45, 2.75) is 51.6 Å². The number of rotatable bonds is 3. The molecule has 0 bridgehead atoms. The molecule has 2 nitrogen and oxygen atoms in total. The Morgan fingerprint density at radius 2 is 1.50 bits per heavy atom. The van der Waals surface area contributed by atoms with Crippen LogP contribution in [0.3, 0.4) is 0 Å². The van der Waals surface area contributed by atoms with Crippen LogP contribution >= 0.6 is 0 Å². The quantitative estimate of drug-likeness (QED) is 0.886. The van der Waals surface area contributed by atoms with Gasteiger partial charge in [-0.25, -0.2) is 0 Å². The van der Waals surface area contributed by atoms with E-state index in [2.05, 4.69) is 49.9 Å². The van der Waals surface area contributed by atoms with Gasteiger partial charge in [0, 0.05) is 25.2 Å². The van der Waals surface area contributed by atoms with E-state index < -0.39 is 0 Å². The molecule has 0 aromatic heterocycles. The van der Waals surface area contributed by atoms with Crippen LogP contribution in [0.2, 0.25) is 0 Å². The van der Waals surface area contributed by atoms with Crippen molar-refractivity contribution in [3.63, 3.8) is 0 Å². The van der Waals surface area contributed by atoms with Gasteiger partial charge in [0.05, 0.1) is 0 Å². The number of nitrogens with zero attached hydrogens (tertiary/aromatic N) is 1. The summed E-state index contributed by atoms with van der Waals surface area (Å²) >= 11 is 0. The fraction of sp³-hybridized carbons (Fsp3) is 0.625. The van der Waals surface area contributed by atoms with Gasteiger partial charge >= 0.3 is 0 Å². The third kappa shape index (κ3) is 3.12. The summed E-state index contributed by atoms with van der Waals surface area (Å²) in [7, 11) is 0. The Bertz CT molecular complexity index is 361. The highest BCUT2D eigenvalue weighted by atomic mass is 15.2. The first-order chi connectivity index (χ1) is 8.58. The maximum Gasteiger partial charge on any atom is 0.0319 e. The van der Waals surface area contributed by atoms with E-state index in [1.807, 2.05) is 0 Å². The van der Waals surface area contributed by atoms with Crippen LogP contribution in [0.1, 0.15) is 56.7 Å². The molecule has 1 aliphatic heterocycles. The molecule has 1 aliphatic rings. The van der Waals surface area contributed by atoms with Gasteiger partial charge in [-0.3, -0.25) is 4.90 Å². The number of hydrogen-bond donors (Lipinski definition) is 1. The zero-order chi connectivity index (χ0) is 13.1. The molecule has 2 N–H and O–H groups in total. The standard InChI is InChI=1S/C16H26N2/c1-12(2)14-4-6-15(7-5-14)13(3)18-10-8-16(17)9-11-18/h4-7,12-13,16H,8-11,17H2,1-3H3. The van der Waals surface area contributed by atoms with Gasteiger partial charge in [-0.2, -0.15) is 0 Å². The molecule has 1 heterocycles. The Labute approximate surface area is 111 Å². The molecule has 0 saturated carbocycles. The highest BCUT2D eigenvalue weighted by Gasteiger charge is 2.21. The molecule has 2 rings (SSSR count). The molecule has 1 atom stereocenters. The zero-order valence-corrected chi connectivity index (χ0v) is 11.9. The predicted octanol–water partition coefficient (Wildman–Crippen LogP) is 3.29. The second-order valence-corrected chi connectivity index (χ2v) is 5.87. The van der Waals surface area contributed by atoms with E-state index in [1.165, 1.54) is 11.1 Å². The Morgan fingerprint density at radius 3 is 2.00 bits per heavy atom. The number of benzene rings is 1. The first-order valence-electron chi connectivity index (χ1n) is 7.17. The van der Waals surface area contributed by atoms with Crippen molar-refractivity contribution in [2.75, 3.05) is 13.1 Å². The highest BCUT2D eigenvalue weighted by molar-refractivity contribution is 5.26. The minimum Gasteiger partial charge on any atom is -0.328 e. The molecular formula is C16H26N2. The largest absolute Gasteiger partial charge is 0.328 e. The lowest BCUT2D eigenvalue weighted by molar-refractivity contribution is 0.163. The fourth-order valence-electron chi connectivity index (χ4n) is 2.68. The van der Waals surface area contributed by atoms with Gasteiger partial charge in [0.2, 0.25) is 0 Å². The molecule has 1 aromatic rings. The highest BCUT2D eigenvalue weighted by Crippen LogP contribution is 2.25. The summed E-state index contributed by atoms with van der Waals surface area (Å²) < 4.78 is 0. The molecular weight excluding hydrogens is 220 g/mol. The van der Waals surface area contributed by atoms with E-state index in [0.29, 0.717) is 18.0 Å². The zero-order valence-electron chi connectivity index (χ0n) is 11.9. The van der Waals surface area contributed by atoms with Crippen LogP contribution in [0.15, 0.2) is 24.3 Å². The van der Waals surface area contributed by atoms with Gasteiger partial charge in [-0.15, -0.1) is 0 Å². The Hall–Kier alpha value is -0.860. The van der Waals surface area contributed by atoms with E-state index in [1.54, 1.807) is 0 Å². The van der Waals surface area contributed by atoms with Crippen LogP contribution in [0, 0.1) is 0 Å². The maximum atomic E-state index is 5.96. The molecule has 1 aromatic carbocycles. The van der Waals surface area contributed by atoms with Crippen molar-refractivity contribution < 1.29 is 0 Å². The van der Waals surface area contributed by atoms with Crippen LogP contribution in [0.5, 0.6) is 0 Å². The summed E-state index contributed by atoms with van der Waals surface area (Å²) in [4.78, 5) is 2.55. The van der Waals surface area contributed by atoms with Crippen LogP contribution in [-0.2, 0) is 0 Å². The van der Waals surface area contributed by atoms with E-state index in [-0.39, 0.29) is 0 Å². The fourth-order valence-corrected chi connectivity index (χ4v) is 2.68. The van der Waals surface area contributed by atoms with Crippen LogP contribution in [0.4, 0.5) is 0 Å². The lowest BCUT2D eigenvalue weighted by atomic mass is 9.97. The number of nitrogens with two attached hydrogens (primary N) is 1. The van der Waals surface area contributed by atoms with E-state index in [4.69, 9.17) is 5.73 Å². The van der Waals surface area contributed by atoms with Crippen molar-refractivity contribution in [2.24, 2.45) is 5.73 Å². The van der Waals surface area contributed by atoms with E-state index >= 15 is 0 Å². The van der Waals surface area contributed by atoms with Gasteiger partial charge in [0.1, 0.15) is 0 Å². The van der Waals surface area contributed by atoms with Gasteiger partial charge in [0.25, 0.3) is 0 Å². The number of likely N-dealkylation sites (tertiary alicyclic amines) is 1. The Balaban J connectivity index is 2.02. The van der Waals surface area contributed by atoms with Crippen LogP contribution in [-0.4, -0.2) is 24.0 Å². The third-order valence-corrected chi connectivity index (χ3v) is 4.21. The van der Waals surface area contributed by atoms with Crippen LogP contribution < -0.4 is 5.73 Å². The van der Waals surface area contributed by atoms with Crippen molar-refractivity contribution in [1.29, 1.82) is 0 Å². The molecule has 1 saturated heterocycles. The molecule has 1 fully saturated rings. The average Bonchev–Trinajstić information content (AvgIpc) is 2.39. The summed E-state index contributed by atoms with van der Waals surface area (Å²) in [6.45, 7) is 9.05. The summed E-state index contributed by atoms with van der Waals surface area (Å²) in [5, 5.41) is 0. The Kier molecular flexibility index (Phi) is 4.41.